The molecule has 0 spiro atoms. The van der Waals surface area contributed by atoms with Crippen LogP contribution in [0.4, 0.5) is 15.8 Å². The molecule has 0 bridgehead atoms. The second-order valence-electron chi connectivity index (χ2n) is 9.19. The summed E-state index contributed by atoms with van der Waals surface area (Å²) >= 11 is 0. The monoisotopic (exact) mass is 447 g/mol. The van der Waals surface area contributed by atoms with E-state index < -0.39 is 5.82 Å². The first kappa shape index (κ1) is 20.2. The SMILES string of the molecule is Cc1cn2cc(NC(=O)c3ccc(N4CCC5NCCC5C4)c4cn(C)nc34)cc(F)c2n1. The number of amides is 1. The van der Waals surface area contributed by atoms with Gasteiger partial charge in [-0.05, 0) is 44.4 Å². The van der Waals surface area contributed by atoms with Gasteiger partial charge in [-0.3, -0.25) is 9.48 Å². The Bertz CT molecular complexity index is 1390. The van der Waals surface area contributed by atoms with Gasteiger partial charge in [0.25, 0.3) is 5.91 Å². The molecule has 8 nitrogen and oxygen atoms in total. The number of piperidine rings is 1. The molecule has 2 fully saturated rings. The van der Waals surface area contributed by atoms with Gasteiger partial charge in [0.2, 0.25) is 0 Å². The summed E-state index contributed by atoms with van der Waals surface area (Å²) in [6.45, 7) is 4.88. The molecule has 2 aliphatic heterocycles. The Kier molecular flexibility index (Phi) is 4.62. The molecule has 2 N–H and O–H groups in total. The van der Waals surface area contributed by atoms with Crippen molar-refractivity contribution in [2.45, 2.75) is 25.8 Å². The number of nitrogens with one attached hydrogen (secondary N) is 2. The molecule has 1 aromatic carbocycles. The van der Waals surface area contributed by atoms with Gasteiger partial charge < -0.3 is 19.9 Å². The lowest BCUT2D eigenvalue weighted by atomic mass is 9.92. The third kappa shape index (κ3) is 3.43. The van der Waals surface area contributed by atoms with Crippen LogP contribution in [-0.2, 0) is 7.05 Å². The van der Waals surface area contributed by atoms with Crippen LogP contribution in [-0.4, -0.2) is 50.7 Å². The maximum atomic E-state index is 14.5. The zero-order valence-electron chi connectivity index (χ0n) is 18.7. The van der Waals surface area contributed by atoms with Gasteiger partial charge in [-0.1, -0.05) is 0 Å². The van der Waals surface area contributed by atoms with E-state index in [1.54, 1.807) is 28.4 Å². The normalized spacial score (nSPS) is 20.5. The Hall–Kier alpha value is -3.46. The van der Waals surface area contributed by atoms with E-state index in [2.05, 4.69) is 25.6 Å². The molecule has 1 amide bonds. The molecule has 2 aliphatic rings. The molecule has 5 heterocycles. The molecule has 170 valence electrons. The summed E-state index contributed by atoms with van der Waals surface area (Å²) < 4.78 is 17.8. The van der Waals surface area contributed by atoms with Gasteiger partial charge in [-0.25, -0.2) is 9.37 Å². The van der Waals surface area contributed by atoms with Gasteiger partial charge in [0, 0.05) is 61.9 Å². The first-order chi connectivity index (χ1) is 16.0. The maximum absolute atomic E-state index is 14.5. The van der Waals surface area contributed by atoms with Gasteiger partial charge in [0.05, 0.1) is 16.9 Å². The largest absolute Gasteiger partial charge is 0.371 e. The number of anilines is 2. The molecule has 2 saturated heterocycles. The van der Waals surface area contributed by atoms with Crippen molar-refractivity contribution < 1.29 is 9.18 Å². The van der Waals surface area contributed by atoms with Crippen LogP contribution in [0.15, 0.2) is 36.8 Å². The summed E-state index contributed by atoms with van der Waals surface area (Å²) in [6, 6.07) is 5.76. The Morgan fingerprint density at radius 3 is 3.00 bits per heavy atom. The van der Waals surface area contributed by atoms with Crippen LogP contribution in [0.2, 0.25) is 0 Å². The Labute approximate surface area is 190 Å². The Morgan fingerprint density at radius 1 is 1.24 bits per heavy atom. The molecule has 2 atom stereocenters. The number of hydrogen-bond donors (Lipinski definition) is 2. The quantitative estimate of drug-likeness (QED) is 0.505. The minimum Gasteiger partial charge on any atom is -0.371 e. The molecule has 0 saturated carbocycles. The summed E-state index contributed by atoms with van der Waals surface area (Å²) in [5.41, 5.74) is 3.55. The van der Waals surface area contributed by atoms with Crippen LogP contribution in [0.5, 0.6) is 0 Å². The van der Waals surface area contributed by atoms with Crippen LogP contribution < -0.4 is 15.5 Å². The highest BCUT2D eigenvalue weighted by atomic mass is 19.1. The number of carbonyl (C=O) groups is 1. The van der Waals surface area contributed by atoms with Gasteiger partial charge in [-0.2, -0.15) is 5.10 Å². The molecule has 33 heavy (non-hydrogen) atoms. The van der Waals surface area contributed by atoms with E-state index in [4.69, 9.17) is 0 Å². The topological polar surface area (TPSA) is 79.5 Å². The van der Waals surface area contributed by atoms with Crippen molar-refractivity contribution in [2.75, 3.05) is 29.9 Å². The first-order valence-corrected chi connectivity index (χ1v) is 11.4. The average Bonchev–Trinajstić information content (AvgIpc) is 3.49. The fourth-order valence-corrected chi connectivity index (χ4v) is 5.38. The predicted octanol–water partition coefficient (Wildman–Crippen LogP) is 3.11. The van der Waals surface area contributed by atoms with Crippen LogP contribution >= 0.6 is 0 Å². The summed E-state index contributed by atoms with van der Waals surface area (Å²) in [6.07, 6.45) is 7.69. The summed E-state index contributed by atoms with van der Waals surface area (Å²) in [4.78, 5) is 19.8. The lowest BCUT2D eigenvalue weighted by Gasteiger charge is -2.36. The molecule has 9 heteroatoms. The number of hydrogen-bond acceptors (Lipinski definition) is 5. The fourth-order valence-electron chi connectivity index (χ4n) is 5.38. The number of fused-ring (bicyclic) bond motifs is 3. The van der Waals surface area contributed by atoms with Gasteiger partial charge in [-0.15, -0.1) is 0 Å². The van der Waals surface area contributed by atoms with Crippen LogP contribution in [0.25, 0.3) is 16.6 Å². The number of aryl methyl sites for hydroxylation is 2. The van der Waals surface area contributed by atoms with Crippen LogP contribution in [0.3, 0.4) is 0 Å². The summed E-state index contributed by atoms with van der Waals surface area (Å²) in [5.74, 6) is -0.145. The molecule has 4 aromatic rings. The summed E-state index contributed by atoms with van der Waals surface area (Å²) in [7, 11) is 1.86. The number of pyridine rings is 1. The number of carbonyl (C=O) groups excluding carboxylic acids is 1. The zero-order valence-corrected chi connectivity index (χ0v) is 18.7. The smallest absolute Gasteiger partial charge is 0.257 e. The van der Waals surface area contributed by atoms with Crippen molar-refractivity contribution in [1.82, 2.24) is 24.5 Å². The second kappa shape index (κ2) is 7.55. The second-order valence-corrected chi connectivity index (χ2v) is 9.19. The molecule has 0 radical (unpaired) electrons. The minimum absolute atomic E-state index is 0.239. The number of imidazole rings is 1. The lowest BCUT2D eigenvalue weighted by Crippen LogP contribution is -2.44. The van der Waals surface area contributed by atoms with E-state index in [0.29, 0.717) is 34.4 Å². The van der Waals surface area contributed by atoms with Crippen LogP contribution in [0.1, 0.15) is 28.9 Å². The Balaban J connectivity index is 1.33. The number of nitrogens with zero attached hydrogens (tertiary/aromatic N) is 5. The molecule has 3 aromatic heterocycles. The van der Waals surface area contributed by atoms with E-state index in [1.165, 1.54) is 12.5 Å². The number of aromatic nitrogens is 4. The van der Waals surface area contributed by atoms with Crippen molar-refractivity contribution in [1.29, 1.82) is 0 Å². The van der Waals surface area contributed by atoms with Crippen molar-refractivity contribution in [3.63, 3.8) is 0 Å². The molecular formula is C24H26FN7O. The molecule has 2 unspecified atom stereocenters. The van der Waals surface area contributed by atoms with E-state index in [0.717, 1.165) is 37.1 Å². The highest BCUT2D eigenvalue weighted by Crippen LogP contribution is 2.34. The van der Waals surface area contributed by atoms with Crippen molar-refractivity contribution in [3.8, 4) is 0 Å². The van der Waals surface area contributed by atoms with E-state index in [9.17, 15) is 9.18 Å². The lowest BCUT2D eigenvalue weighted by molar-refractivity contribution is 0.102. The number of rotatable bonds is 3. The van der Waals surface area contributed by atoms with Crippen molar-refractivity contribution >= 4 is 33.8 Å². The predicted molar refractivity (Wildman–Crippen MR) is 125 cm³/mol. The van der Waals surface area contributed by atoms with E-state index in [1.807, 2.05) is 25.4 Å². The van der Waals surface area contributed by atoms with E-state index in [-0.39, 0.29) is 11.6 Å². The zero-order chi connectivity index (χ0) is 22.7. The average molecular weight is 448 g/mol. The van der Waals surface area contributed by atoms with Gasteiger partial charge in [0.1, 0.15) is 5.52 Å². The van der Waals surface area contributed by atoms with E-state index >= 15 is 0 Å². The van der Waals surface area contributed by atoms with Crippen molar-refractivity contribution in [2.24, 2.45) is 13.0 Å². The maximum Gasteiger partial charge on any atom is 0.257 e. The third-order valence-corrected chi connectivity index (χ3v) is 6.89. The van der Waals surface area contributed by atoms with Gasteiger partial charge in [0.15, 0.2) is 11.5 Å². The van der Waals surface area contributed by atoms with Crippen LogP contribution in [0, 0.1) is 18.7 Å². The number of benzene rings is 1. The highest BCUT2D eigenvalue weighted by molar-refractivity contribution is 6.13. The minimum atomic E-state index is -0.482. The summed E-state index contributed by atoms with van der Waals surface area (Å²) in [5, 5.41) is 12.0. The highest BCUT2D eigenvalue weighted by Gasteiger charge is 2.33. The third-order valence-electron chi connectivity index (χ3n) is 6.89. The molecular weight excluding hydrogens is 421 g/mol. The Morgan fingerprint density at radius 2 is 2.12 bits per heavy atom. The van der Waals surface area contributed by atoms with Crippen molar-refractivity contribution in [3.05, 3.63) is 53.9 Å². The fraction of sp³-hybridized carbons (Fsp3) is 0.375. The van der Waals surface area contributed by atoms with Gasteiger partial charge >= 0.3 is 0 Å². The standard InChI is InChI=1S/C24H26FN7O/c1-14-10-32-12-16(9-19(25)23(32)27-14)28-24(33)17-3-4-21(18-13-30(2)29-22(17)18)31-8-6-20-15(11-31)5-7-26-20/h3-4,9-10,12-13,15,20,26H,5-8,11H2,1-2H3,(H,28,33). The molecule has 0 aliphatic carbocycles. The molecule has 6 rings (SSSR count). The first-order valence-electron chi connectivity index (χ1n) is 11.4. The number of halogens is 1.